The standard InChI is InChI=1S/C15H17FN2O2/c1-20-13-8-12(9-13)18-15(19)14-7-11(16)5-4-10(14)3-2-6-17/h4-5,7,12-13H,6,8-9,17H2,1H3,(H,18,19). The highest BCUT2D eigenvalue weighted by Gasteiger charge is 2.30. The van der Waals surface area contributed by atoms with Gasteiger partial charge in [-0.25, -0.2) is 4.39 Å². The van der Waals surface area contributed by atoms with E-state index in [4.69, 9.17) is 10.5 Å². The second-order valence-electron chi connectivity index (χ2n) is 4.70. The van der Waals surface area contributed by atoms with Gasteiger partial charge in [-0.3, -0.25) is 4.79 Å². The number of methoxy groups -OCH3 is 1. The first kappa shape index (κ1) is 14.5. The first-order valence-electron chi connectivity index (χ1n) is 6.46. The van der Waals surface area contributed by atoms with E-state index in [9.17, 15) is 9.18 Å². The van der Waals surface area contributed by atoms with E-state index in [0.29, 0.717) is 5.56 Å². The summed E-state index contributed by atoms with van der Waals surface area (Å²) in [7, 11) is 1.65. The first-order chi connectivity index (χ1) is 9.63. The topological polar surface area (TPSA) is 64.3 Å². The molecule has 106 valence electrons. The quantitative estimate of drug-likeness (QED) is 0.811. The van der Waals surface area contributed by atoms with Crippen LogP contribution in [0.25, 0.3) is 0 Å². The number of ether oxygens (including phenoxy) is 1. The molecule has 1 aromatic rings. The summed E-state index contributed by atoms with van der Waals surface area (Å²) in [5.41, 5.74) is 6.04. The van der Waals surface area contributed by atoms with Crippen LogP contribution in [-0.4, -0.2) is 31.7 Å². The van der Waals surface area contributed by atoms with Crippen LogP contribution in [-0.2, 0) is 4.74 Å². The molecule has 2 rings (SSSR count). The van der Waals surface area contributed by atoms with Crippen molar-refractivity contribution in [2.45, 2.75) is 25.0 Å². The Morgan fingerprint density at radius 2 is 2.30 bits per heavy atom. The highest BCUT2D eigenvalue weighted by Crippen LogP contribution is 2.23. The van der Waals surface area contributed by atoms with Crippen LogP contribution < -0.4 is 11.1 Å². The Labute approximate surface area is 117 Å². The third-order valence-corrected chi connectivity index (χ3v) is 3.31. The van der Waals surface area contributed by atoms with E-state index in [-0.39, 0.29) is 30.2 Å². The molecular formula is C15H17FN2O2. The monoisotopic (exact) mass is 276 g/mol. The number of benzene rings is 1. The highest BCUT2D eigenvalue weighted by molar-refractivity contribution is 5.97. The van der Waals surface area contributed by atoms with Gasteiger partial charge in [0.15, 0.2) is 0 Å². The van der Waals surface area contributed by atoms with Gasteiger partial charge in [-0.05, 0) is 31.0 Å². The minimum absolute atomic E-state index is 0.0750. The third-order valence-electron chi connectivity index (χ3n) is 3.31. The molecule has 0 saturated heterocycles. The molecule has 1 aliphatic rings. The molecule has 0 atom stereocenters. The number of hydrogen-bond donors (Lipinski definition) is 2. The first-order valence-corrected chi connectivity index (χ1v) is 6.46. The van der Waals surface area contributed by atoms with Crippen molar-refractivity contribution in [3.63, 3.8) is 0 Å². The number of amides is 1. The Bertz CT molecular complexity index is 557. The molecule has 3 N–H and O–H groups in total. The molecule has 0 unspecified atom stereocenters. The van der Waals surface area contributed by atoms with Gasteiger partial charge < -0.3 is 15.8 Å². The number of rotatable bonds is 3. The lowest BCUT2D eigenvalue weighted by atomic mass is 9.89. The fourth-order valence-corrected chi connectivity index (χ4v) is 2.10. The van der Waals surface area contributed by atoms with Crippen LogP contribution in [0, 0.1) is 17.7 Å². The van der Waals surface area contributed by atoms with E-state index in [1.165, 1.54) is 18.2 Å². The Balaban J connectivity index is 2.10. The van der Waals surface area contributed by atoms with Gasteiger partial charge in [0.25, 0.3) is 5.91 Å². The fourth-order valence-electron chi connectivity index (χ4n) is 2.10. The van der Waals surface area contributed by atoms with E-state index < -0.39 is 5.82 Å². The van der Waals surface area contributed by atoms with Gasteiger partial charge in [-0.1, -0.05) is 11.8 Å². The largest absolute Gasteiger partial charge is 0.381 e. The lowest BCUT2D eigenvalue weighted by Gasteiger charge is -2.34. The molecular weight excluding hydrogens is 259 g/mol. The maximum Gasteiger partial charge on any atom is 0.252 e. The maximum absolute atomic E-state index is 13.3. The van der Waals surface area contributed by atoms with Gasteiger partial charge in [-0.15, -0.1) is 0 Å². The number of carbonyl (C=O) groups excluding carboxylic acids is 1. The Morgan fingerprint density at radius 1 is 1.55 bits per heavy atom. The summed E-state index contributed by atoms with van der Waals surface area (Å²) < 4.78 is 18.5. The lowest BCUT2D eigenvalue weighted by Crippen LogP contribution is -2.47. The van der Waals surface area contributed by atoms with Crippen LogP contribution in [0.2, 0.25) is 0 Å². The molecule has 0 bridgehead atoms. The average Bonchev–Trinajstić information content (AvgIpc) is 2.40. The summed E-state index contributed by atoms with van der Waals surface area (Å²) in [6.07, 6.45) is 1.76. The van der Waals surface area contributed by atoms with Gasteiger partial charge in [-0.2, -0.15) is 0 Å². The number of halogens is 1. The van der Waals surface area contributed by atoms with Crippen molar-refractivity contribution in [3.05, 3.63) is 35.1 Å². The Hall–Kier alpha value is -1.90. The summed E-state index contributed by atoms with van der Waals surface area (Å²) >= 11 is 0. The van der Waals surface area contributed by atoms with Crippen molar-refractivity contribution in [3.8, 4) is 11.8 Å². The molecule has 0 aromatic heterocycles. The predicted octanol–water partition coefficient (Wildman–Crippen LogP) is 1.04. The Morgan fingerprint density at radius 3 is 2.95 bits per heavy atom. The van der Waals surface area contributed by atoms with Crippen molar-refractivity contribution in [2.24, 2.45) is 5.73 Å². The van der Waals surface area contributed by atoms with Crippen molar-refractivity contribution in [1.82, 2.24) is 5.32 Å². The molecule has 0 heterocycles. The van der Waals surface area contributed by atoms with E-state index in [2.05, 4.69) is 17.2 Å². The third kappa shape index (κ3) is 3.35. The lowest BCUT2D eigenvalue weighted by molar-refractivity contribution is 0.0176. The maximum atomic E-state index is 13.3. The number of carbonyl (C=O) groups is 1. The SMILES string of the molecule is COC1CC(NC(=O)c2cc(F)ccc2C#CCN)C1. The van der Waals surface area contributed by atoms with Crippen LogP contribution in [0.3, 0.4) is 0 Å². The zero-order chi connectivity index (χ0) is 14.5. The van der Waals surface area contributed by atoms with Gasteiger partial charge in [0.1, 0.15) is 5.82 Å². The second kappa shape index (κ2) is 6.51. The van der Waals surface area contributed by atoms with Crippen LogP contribution in [0.5, 0.6) is 0 Å². The second-order valence-corrected chi connectivity index (χ2v) is 4.70. The molecule has 20 heavy (non-hydrogen) atoms. The van der Waals surface area contributed by atoms with Crippen LogP contribution in [0.4, 0.5) is 4.39 Å². The van der Waals surface area contributed by atoms with Gasteiger partial charge in [0.05, 0.1) is 18.2 Å². The van der Waals surface area contributed by atoms with Crippen molar-refractivity contribution >= 4 is 5.91 Å². The minimum atomic E-state index is -0.461. The fraction of sp³-hybridized carbons (Fsp3) is 0.400. The van der Waals surface area contributed by atoms with Crippen molar-refractivity contribution < 1.29 is 13.9 Å². The van der Waals surface area contributed by atoms with Crippen LogP contribution >= 0.6 is 0 Å². The van der Waals surface area contributed by atoms with Gasteiger partial charge in [0.2, 0.25) is 0 Å². The summed E-state index contributed by atoms with van der Waals surface area (Å²) in [6, 6.07) is 4.04. The predicted molar refractivity (Wildman–Crippen MR) is 73.6 cm³/mol. The molecule has 0 spiro atoms. The van der Waals surface area contributed by atoms with E-state index in [1.54, 1.807) is 7.11 Å². The van der Waals surface area contributed by atoms with Gasteiger partial charge >= 0.3 is 0 Å². The number of hydrogen-bond acceptors (Lipinski definition) is 3. The van der Waals surface area contributed by atoms with E-state index >= 15 is 0 Å². The normalized spacial score (nSPS) is 20.6. The zero-order valence-electron chi connectivity index (χ0n) is 11.3. The summed E-state index contributed by atoms with van der Waals surface area (Å²) in [5, 5.41) is 2.86. The minimum Gasteiger partial charge on any atom is -0.381 e. The molecule has 1 amide bonds. The summed E-state index contributed by atoms with van der Waals surface area (Å²) in [6.45, 7) is 0.191. The summed E-state index contributed by atoms with van der Waals surface area (Å²) in [4.78, 5) is 12.2. The van der Waals surface area contributed by atoms with E-state index in [0.717, 1.165) is 12.8 Å². The zero-order valence-corrected chi connectivity index (χ0v) is 11.3. The molecule has 4 nitrogen and oxygen atoms in total. The smallest absolute Gasteiger partial charge is 0.252 e. The van der Waals surface area contributed by atoms with Gasteiger partial charge in [0, 0.05) is 18.7 Å². The highest BCUT2D eigenvalue weighted by atomic mass is 19.1. The molecule has 0 aliphatic heterocycles. The molecule has 1 aliphatic carbocycles. The average molecular weight is 276 g/mol. The van der Waals surface area contributed by atoms with Crippen LogP contribution in [0.1, 0.15) is 28.8 Å². The van der Waals surface area contributed by atoms with Crippen molar-refractivity contribution in [1.29, 1.82) is 0 Å². The molecule has 1 aromatic carbocycles. The molecule has 5 heteroatoms. The number of nitrogens with two attached hydrogens (primary N) is 1. The summed E-state index contributed by atoms with van der Waals surface area (Å²) in [5.74, 6) is 4.68. The van der Waals surface area contributed by atoms with E-state index in [1.807, 2.05) is 0 Å². The molecule has 0 radical (unpaired) electrons. The van der Waals surface area contributed by atoms with Crippen molar-refractivity contribution in [2.75, 3.05) is 13.7 Å². The number of nitrogens with one attached hydrogen (secondary N) is 1. The molecule has 1 saturated carbocycles. The molecule has 1 fully saturated rings. The van der Waals surface area contributed by atoms with Crippen LogP contribution in [0.15, 0.2) is 18.2 Å². The Kier molecular flexibility index (Phi) is 4.72.